The Bertz CT molecular complexity index is 957. The van der Waals surface area contributed by atoms with Crippen LogP contribution in [0.25, 0.3) is 0 Å². The molecule has 1 saturated heterocycles. The van der Waals surface area contributed by atoms with Crippen molar-refractivity contribution in [3.8, 4) is 0 Å². The number of hydrogen-bond donors (Lipinski definition) is 2. The summed E-state index contributed by atoms with van der Waals surface area (Å²) in [5.74, 6) is 0.853. The molecule has 1 aromatic carbocycles. The molecule has 2 aromatic rings. The molecular formula is C18H23N7O3S2. The second-order valence-electron chi connectivity index (χ2n) is 6.70. The molecule has 1 aromatic heterocycles. The minimum atomic E-state index is -0.531. The van der Waals surface area contributed by atoms with Gasteiger partial charge in [-0.25, -0.2) is 4.68 Å². The van der Waals surface area contributed by atoms with Crippen LogP contribution in [-0.4, -0.2) is 49.7 Å². The quantitative estimate of drug-likeness (QED) is 0.297. The normalized spacial score (nSPS) is 13.7. The van der Waals surface area contributed by atoms with Crippen LogP contribution in [0.15, 0.2) is 23.4 Å². The number of nitrogens with one attached hydrogen (secondary N) is 2. The van der Waals surface area contributed by atoms with E-state index < -0.39 is 10.8 Å². The van der Waals surface area contributed by atoms with E-state index in [2.05, 4.69) is 20.9 Å². The summed E-state index contributed by atoms with van der Waals surface area (Å²) in [7, 11) is 0. The van der Waals surface area contributed by atoms with Gasteiger partial charge >= 0.3 is 0 Å². The van der Waals surface area contributed by atoms with Crippen molar-refractivity contribution in [3.05, 3.63) is 39.7 Å². The molecule has 12 heteroatoms. The molecular weight excluding hydrogens is 426 g/mol. The number of nitro benzene ring substituents is 1. The topological polar surface area (TPSA) is 118 Å². The monoisotopic (exact) mass is 449 g/mol. The summed E-state index contributed by atoms with van der Waals surface area (Å²) in [5.41, 5.74) is 3.49. The lowest BCUT2D eigenvalue weighted by atomic mass is 10.1. The summed E-state index contributed by atoms with van der Waals surface area (Å²) in [4.78, 5) is 25.8. The molecule has 0 unspecified atom stereocenters. The number of benzene rings is 1. The van der Waals surface area contributed by atoms with Crippen molar-refractivity contribution in [1.82, 2.24) is 20.2 Å². The highest BCUT2D eigenvalue weighted by atomic mass is 32.2. The van der Waals surface area contributed by atoms with Crippen LogP contribution >= 0.6 is 24.0 Å². The molecule has 0 atom stereocenters. The number of aromatic nitrogens is 3. The second kappa shape index (κ2) is 9.85. The Hall–Kier alpha value is -2.73. The predicted molar refractivity (Wildman–Crippen MR) is 120 cm³/mol. The highest BCUT2D eigenvalue weighted by Gasteiger charge is 2.23. The fourth-order valence-electron chi connectivity index (χ4n) is 3.21. The molecule has 10 nitrogen and oxygen atoms in total. The Morgan fingerprint density at radius 3 is 2.70 bits per heavy atom. The maximum absolute atomic E-state index is 12.6. The number of amides is 1. The first kappa shape index (κ1) is 22.0. The Balaban J connectivity index is 1.73. The first-order valence-corrected chi connectivity index (χ1v) is 11.0. The first-order valence-electron chi connectivity index (χ1n) is 9.61. The number of nitro groups is 1. The van der Waals surface area contributed by atoms with Gasteiger partial charge in [0, 0.05) is 24.7 Å². The second-order valence-corrected chi connectivity index (χ2v) is 8.34. The third kappa shape index (κ3) is 5.05. The van der Waals surface area contributed by atoms with Gasteiger partial charge in [-0.1, -0.05) is 18.7 Å². The number of thiocarbonyl (C=S) groups is 1. The van der Waals surface area contributed by atoms with Crippen molar-refractivity contribution >= 4 is 46.4 Å². The molecule has 1 amide bonds. The summed E-state index contributed by atoms with van der Waals surface area (Å²) in [6, 6.07) is 4.51. The van der Waals surface area contributed by atoms with Gasteiger partial charge in [0.2, 0.25) is 5.16 Å². The number of anilines is 1. The minimum absolute atomic E-state index is 0.0450. The van der Waals surface area contributed by atoms with E-state index in [-0.39, 0.29) is 16.4 Å². The van der Waals surface area contributed by atoms with Gasteiger partial charge in [0.15, 0.2) is 5.11 Å². The molecule has 3 rings (SSSR count). The van der Waals surface area contributed by atoms with Crippen molar-refractivity contribution in [2.24, 2.45) is 0 Å². The van der Waals surface area contributed by atoms with E-state index in [1.54, 1.807) is 23.7 Å². The van der Waals surface area contributed by atoms with E-state index in [9.17, 15) is 14.9 Å². The van der Waals surface area contributed by atoms with E-state index >= 15 is 0 Å². The van der Waals surface area contributed by atoms with Crippen LogP contribution in [0, 0.1) is 17.0 Å². The Morgan fingerprint density at radius 2 is 2.03 bits per heavy atom. The van der Waals surface area contributed by atoms with Crippen LogP contribution in [0.2, 0.25) is 0 Å². The van der Waals surface area contributed by atoms with Gasteiger partial charge in [0.1, 0.15) is 11.5 Å². The van der Waals surface area contributed by atoms with Crippen LogP contribution in [0.5, 0.6) is 0 Å². The smallest absolute Gasteiger partial charge is 0.293 e. The molecule has 1 fully saturated rings. The standard InChI is InChI=1S/C18H23N7O3S2/c1-3-30-18-21-20-12(2)24(18)22-17(29)19-16(26)13-7-8-14(15(11-13)25(27)28)23-9-5-4-6-10-23/h7-8,11H,3-6,9-10H2,1-2H3,(H2,19,22,26,29). The fraction of sp³-hybridized carbons (Fsp3) is 0.444. The van der Waals surface area contributed by atoms with Gasteiger partial charge in [0.25, 0.3) is 11.6 Å². The van der Waals surface area contributed by atoms with E-state index in [1.807, 2.05) is 11.8 Å². The van der Waals surface area contributed by atoms with Crippen molar-refractivity contribution in [2.75, 3.05) is 29.2 Å². The minimum Gasteiger partial charge on any atom is -0.366 e. The molecule has 0 spiro atoms. The zero-order valence-electron chi connectivity index (χ0n) is 16.8. The van der Waals surface area contributed by atoms with Gasteiger partial charge in [-0.3, -0.25) is 25.7 Å². The number of aryl methyl sites for hydroxylation is 1. The lowest BCUT2D eigenvalue weighted by molar-refractivity contribution is -0.384. The molecule has 30 heavy (non-hydrogen) atoms. The number of hydrogen-bond acceptors (Lipinski definition) is 8. The van der Waals surface area contributed by atoms with Crippen LogP contribution in [-0.2, 0) is 0 Å². The molecule has 1 aliphatic rings. The van der Waals surface area contributed by atoms with Gasteiger partial charge in [-0.15, -0.1) is 10.2 Å². The maximum Gasteiger partial charge on any atom is 0.293 e. The average Bonchev–Trinajstić information content (AvgIpc) is 3.07. The van der Waals surface area contributed by atoms with Crippen LogP contribution < -0.4 is 15.6 Å². The lowest BCUT2D eigenvalue weighted by Crippen LogP contribution is -2.38. The largest absolute Gasteiger partial charge is 0.366 e. The number of piperidine rings is 1. The Kier molecular flexibility index (Phi) is 7.21. The van der Waals surface area contributed by atoms with E-state index in [0.29, 0.717) is 16.7 Å². The molecule has 0 aliphatic carbocycles. The third-order valence-corrected chi connectivity index (χ3v) is 5.64. The Morgan fingerprint density at radius 1 is 1.30 bits per heavy atom. The zero-order chi connectivity index (χ0) is 21.7. The summed E-state index contributed by atoms with van der Waals surface area (Å²) in [5, 5.41) is 22.8. The fourth-order valence-corrected chi connectivity index (χ4v) is 4.06. The van der Waals surface area contributed by atoms with Crippen molar-refractivity contribution in [1.29, 1.82) is 0 Å². The van der Waals surface area contributed by atoms with Crippen LogP contribution in [0.3, 0.4) is 0 Å². The molecule has 0 bridgehead atoms. The van der Waals surface area contributed by atoms with Gasteiger partial charge in [-0.05, 0) is 56.3 Å². The lowest BCUT2D eigenvalue weighted by Gasteiger charge is -2.28. The predicted octanol–water partition coefficient (Wildman–Crippen LogP) is 2.86. The number of carbonyl (C=O) groups excluding carboxylic acids is 1. The van der Waals surface area contributed by atoms with E-state index in [1.165, 1.54) is 17.8 Å². The maximum atomic E-state index is 12.6. The van der Waals surface area contributed by atoms with Gasteiger partial charge < -0.3 is 4.90 Å². The average molecular weight is 450 g/mol. The highest BCUT2D eigenvalue weighted by Crippen LogP contribution is 2.31. The SMILES string of the molecule is CCSc1nnc(C)n1NC(=S)NC(=O)c1ccc(N2CCCCC2)c([N+](=O)[O-])c1. The highest BCUT2D eigenvalue weighted by molar-refractivity contribution is 7.99. The third-order valence-electron chi connectivity index (χ3n) is 4.64. The van der Waals surface area contributed by atoms with Gasteiger partial charge in [-0.2, -0.15) is 0 Å². The summed E-state index contributed by atoms with van der Waals surface area (Å²) < 4.78 is 1.58. The molecule has 2 heterocycles. The van der Waals surface area contributed by atoms with Gasteiger partial charge in [0.05, 0.1) is 4.92 Å². The summed E-state index contributed by atoms with van der Waals surface area (Å²) in [6.07, 6.45) is 3.12. The molecule has 0 saturated carbocycles. The van der Waals surface area contributed by atoms with Crippen LogP contribution in [0.1, 0.15) is 42.4 Å². The molecule has 0 radical (unpaired) electrons. The van der Waals surface area contributed by atoms with Crippen molar-refractivity contribution in [3.63, 3.8) is 0 Å². The number of rotatable bonds is 6. The molecule has 1 aliphatic heterocycles. The summed E-state index contributed by atoms with van der Waals surface area (Å²) >= 11 is 6.70. The van der Waals surface area contributed by atoms with Crippen LogP contribution in [0.4, 0.5) is 11.4 Å². The number of nitrogens with zero attached hydrogens (tertiary/aromatic N) is 5. The molecule has 2 N–H and O–H groups in total. The van der Waals surface area contributed by atoms with Crippen molar-refractivity contribution in [2.45, 2.75) is 38.3 Å². The number of carbonyl (C=O) groups is 1. The van der Waals surface area contributed by atoms with E-state index in [0.717, 1.165) is 38.1 Å². The Labute approximate surface area is 183 Å². The zero-order valence-corrected chi connectivity index (χ0v) is 18.4. The summed E-state index contributed by atoms with van der Waals surface area (Å²) in [6.45, 7) is 5.29. The van der Waals surface area contributed by atoms with Crippen molar-refractivity contribution < 1.29 is 9.72 Å². The molecule has 160 valence electrons. The van der Waals surface area contributed by atoms with E-state index in [4.69, 9.17) is 12.2 Å². The first-order chi connectivity index (χ1) is 14.4. The number of thioether (sulfide) groups is 1.